The number of aromatic nitrogens is 3. The molecule has 0 aliphatic carbocycles. The Labute approximate surface area is 167 Å². The summed E-state index contributed by atoms with van der Waals surface area (Å²) in [5, 5.41) is 9.79. The second-order valence-corrected chi connectivity index (χ2v) is 6.99. The van der Waals surface area contributed by atoms with E-state index in [1.54, 1.807) is 7.05 Å². The first-order chi connectivity index (χ1) is 13.9. The second-order valence-electron chi connectivity index (χ2n) is 6.01. The summed E-state index contributed by atoms with van der Waals surface area (Å²) in [6, 6.07) is 14.2. The number of nitrogens with one attached hydrogen (secondary N) is 3. The van der Waals surface area contributed by atoms with E-state index in [-0.39, 0.29) is 0 Å². The third kappa shape index (κ3) is 4.21. The average Bonchev–Trinajstić information content (AvgIpc) is 3.12. The van der Waals surface area contributed by atoms with E-state index in [0.29, 0.717) is 32.9 Å². The number of anilines is 5. The van der Waals surface area contributed by atoms with E-state index >= 15 is 0 Å². The maximum Gasteiger partial charge on any atom is 0.416 e. The zero-order chi connectivity index (χ0) is 20.4. The lowest BCUT2D eigenvalue weighted by molar-refractivity contribution is -0.137. The van der Waals surface area contributed by atoms with E-state index < -0.39 is 11.7 Å². The molecule has 29 heavy (non-hydrogen) atoms. The fourth-order valence-electron chi connectivity index (χ4n) is 2.60. The molecule has 148 valence electrons. The standard InChI is InChI=1S/C19H15F3N6S/c1-23-18-26-14-15(24-13-9-7-11(8-10-13)19(20,21)22)27-17(28-16(14)29-18)25-12-5-3-2-4-6-12/h2-10H,1H3,(H,23,26)(H2,24,25,27,28). The van der Waals surface area contributed by atoms with Crippen LogP contribution in [0, 0.1) is 0 Å². The Morgan fingerprint density at radius 2 is 1.52 bits per heavy atom. The average molecular weight is 416 g/mol. The number of nitrogens with zero attached hydrogens (tertiary/aromatic N) is 3. The Morgan fingerprint density at radius 1 is 0.828 bits per heavy atom. The van der Waals surface area contributed by atoms with Crippen molar-refractivity contribution in [2.24, 2.45) is 0 Å². The molecule has 3 N–H and O–H groups in total. The van der Waals surface area contributed by atoms with Gasteiger partial charge in [-0.3, -0.25) is 0 Å². The number of hydrogen-bond acceptors (Lipinski definition) is 7. The third-order valence-electron chi connectivity index (χ3n) is 3.98. The molecule has 10 heteroatoms. The summed E-state index contributed by atoms with van der Waals surface area (Å²) in [6.45, 7) is 0. The summed E-state index contributed by atoms with van der Waals surface area (Å²) in [6.07, 6.45) is -4.38. The zero-order valence-electron chi connectivity index (χ0n) is 15.1. The van der Waals surface area contributed by atoms with Crippen LogP contribution >= 0.6 is 11.3 Å². The minimum absolute atomic E-state index is 0.351. The van der Waals surface area contributed by atoms with Gasteiger partial charge < -0.3 is 16.0 Å². The van der Waals surface area contributed by atoms with Crippen LogP contribution < -0.4 is 16.0 Å². The Balaban J connectivity index is 1.70. The predicted octanol–water partition coefficient (Wildman–Crippen LogP) is 5.63. The molecule has 0 unspecified atom stereocenters. The van der Waals surface area contributed by atoms with Crippen molar-refractivity contribution in [3.63, 3.8) is 0 Å². The van der Waals surface area contributed by atoms with Crippen molar-refractivity contribution in [1.29, 1.82) is 0 Å². The Hall–Kier alpha value is -3.40. The molecule has 0 spiro atoms. The largest absolute Gasteiger partial charge is 0.416 e. The molecule has 2 aromatic carbocycles. The van der Waals surface area contributed by atoms with E-state index in [4.69, 9.17) is 0 Å². The van der Waals surface area contributed by atoms with Crippen molar-refractivity contribution in [2.75, 3.05) is 23.0 Å². The lowest BCUT2D eigenvalue weighted by atomic mass is 10.2. The van der Waals surface area contributed by atoms with Gasteiger partial charge in [-0.1, -0.05) is 29.5 Å². The predicted molar refractivity (Wildman–Crippen MR) is 109 cm³/mol. The van der Waals surface area contributed by atoms with Crippen LogP contribution in [-0.4, -0.2) is 22.0 Å². The highest BCUT2D eigenvalue weighted by Crippen LogP contribution is 2.33. The van der Waals surface area contributed by atoms with Crippen LogP contribution in [0.4, 0.5) is 41.4 Å². The van der Waals surface area contributed by atoms with Crippen molar-refractivity contribution in [3.8, 4) is 0 Å². The molecular formula is C19H15F3N6S. The molecule has 0 aliphatic rings. The fraction of sp³-hybridized carbons (Fsp3) is 0.105. The van der Waals surface area contributed by atoms with Gasteiger partial charge in [0.15, 0.2) is 15.8 Å². The number of fused-ring (bicyclic) bond motifs is 1. The van der Waals surface area contributed by atoms with Gasteiger partial charge in [0, 0.05) is 18.4 Å². The molecule has 2 aromatic heterocycles. The van der Waals surface area contributed by atoms with E-state index in [1.807, 2.05) is 30.3 Å². The van der Waals surface area contributed by atoms with Crippen LogP contribution in [0.2, 0.25) is 0 Å². The molecule has 4 rings (SSSR count). The molecule has 2 heterocycles. The van der Waals surface area contributed by atoms with Crippen LogP contribution in [0.5, 0.6) is 0 Å². The third-order valence-corrected chi connectivity index (χ3v) is 4.94. The van der Waals surface area contributed by atoms with E-state index in [9.17, 15) is 13.2 Å². The summed E-state index contributed by atoms with van der Waals surface area (Å²) in [5.41, 5.74) is 1.08. The second kappa shape index (κ2) is 7.55. The van der Waals surface area contributed by atoms with Gasteiger partial charge in [-0.25, -0.2) is 4.98 Å². The number of benzene rings is 2. The Morgan fingerprint density at radius 3 is 2.17 bits per heavy atom. The van der Waals surface area contributed by atoms with Gasteiger partial charge in [-0.2, -0.15) is 23.1 Å². The van der Waals surface area contributed by atoms with E-state index in [1.165, 1.54) is 23.5 Å². The molecule has 0 saturated heterocycles. The first kappa shape index (κ1) is 18.9. The fourth-order valence-corrected chi connectivity index (χ4v) is 3.40. The Bertz CT molecular complexity index is 1130. The van der Waals surface area contributed by atoms with Crippen LogP contribution in [0.15, 0.2) is 54.6 Å². The smallest absolute Gasteiger partial charge is 0.365 e. The van der Waals surface area contributed by atoms with E-state index in [2.05, 4.69) is 30.9 Å². The van der Waals surface area contributed by atoms with Crippen molar-refractivity contribution >= 4 is 50.0 Å². The molecule has 0 bridgehead atoms. The number of hydrogen-bond donors (Lipinski definition) is 3. The lowest BCUT2D eigenvalue weighted by Gasteiger charge is -2.11. The summed E-state index contributed by atoms with van der Waals surface area (Å²) in [5.74, 6) is 0.746. The van der Waals surface area contributed by atoms with E-state index in [0.717, 1.165) is 17.8 Å². The van der Waals surface area contributed by atoms with Crippen molar-refractivity contribution in [1.82, 2.24) is 15.0 Å². The molecule has 0 amide bonds. The SMILES string of the molecule is CNc1nc2c(Nc3ccc(C(F)(F)F)cc3)nc(Nc3ccccc3)nc2s1. The minimum atomic E-state index is -4.38. The van der Waals surface area contributed by atoms with Gasteiger partial charge in [-0.05, 0) is 36.4 Å². The molecular weight excluding hydrogens is 401 g/mol. The van der Waals surface area contributed by atoms with Gasteiger partial charge in [0.2, 0.25) is 5.95 Å². The highest BCUT2D eigenvalue weighted by Gasteiger charge is 2.30. The summed E-state index contributed by atoms with van der Waals surface area (Å²) < 4.78 is 38.4. The summed E-state index contributed by atoms with van der Waals surface area (Å²) >= 11 is 1.35. The molecule has 0 atom stereocenters. The maximum absolute atomic E-state index is 12.8. The van der Waals surface area contributed by atoms with Crippen LogP contribution in [0.3, 0.4) is 0 Å². The van der Waals surface area contributed by atoms with Gasteiger partial charge in [0.05, 0.1) is 5.56 Å². The first-order valence-corrected chi connectivity index (χ1v) is 9.37. The van der Waals surface area contributed by atoms with Crippen LogP contribution in [0.1, 0.15) is 5.56 Å². The van der Waals surface area contributed by atoms with Crippen molar-refractivity contribution < 1.29 is 13.2 Å². The highest BCUT2D eigenvalue weighted by molar-refractivity contribution is 7.21. The van der Waals surface area contributed by atoms with Crippen LogP contribution in [0.25, 0.3) is 10.3 Å². The van der Waals surface area contributed by atoms with Gasteiger partial charge in [0.25, 0.3) is 0 Å². The molecule has 6 nitrogen and oxygen atoms in total. The molecule has 0 aliphatic heterocycles. The maximum atomic E-state index is 12.8. The number of alkyl halides is 3. The van der Waals surface area contributed by atoms with Gasteiger partial charge in [-0.15, -0.1) is 0 Å². The topological polar surface area (TPSA) is 74.8 Å². The quantitative estimate of drug-likeness (QED) is 0.391. The zero-order valence-corrected chi connectivity index (χ0v) is 15.9. The number of halogens is 3. The Kier molecular flexibility index (Phi) is 4.93. The molecule has 0 fully saturated rings. The lowest BCUT2D eigenvalue weighted by Crippen LogP contribution is -2.05. The van der Waals surface area contributed by atoms with Crippen LogP contribution in [-0.2, 0) is 6.18 Å². The van der Waals surface area contributed by atoms with Gasteiger partial charge in [0.1, 0.15) is 5.52 Å². The summed E-state index contributed by atoms with van der Waals surface area (Å²) in [4.78, 5) is 14.0. The number of rotatable bonds is 5. The molecule has 0 radical (unpaired) electrons. The number of thiazole rings is 1. The highest BCUT2D eigenvalue weighted by atomic mass is 32.1. The number of para-hydroxylation sites is 1. The van der Waals surface area contributed by atoms with Crippen molar-refractivity contribution in [2.45, 2.75) is 6.18 Å². The first-order valence-electron chi connectivity index (χ1n) is 8.55. The molecule has 0 saturated carbocycles. The van der Waals surface area contributed by atoms with Crippen molar-refractivity contribution in [3.05, 3.63) is 60.2 Å². The molecule has 4 aromatic rings. The van der Waals surface area contributed by atoms with Gasteiger partial charge >= 0.3 is 6.18 Å². The normalized spacial score (nSPS) is 11.4. The monoisotopic (exact) mass is 416 g/mol. The summed E-state index contributed by atoms with van der Waals surface area (Å²) in [7, 11) is 1.75. The minimum Gasteiger partial charge on any atom is -0.365 e.